The van der Waals surface area contributed by atoms with Crippen LogP contribution in [0.1, 0.15) is 51.2 Å². The fourth-order valence-corrected chi connectivity index (χ4v) is 5.80. The number of halogens is 2. The van der Waals surface area contributed by atoms with Gasteiger partial charge in [-0.2, -0.15) is 0 Å². The lowest BCUT2D eigenvalue weighted by Crippen LogP contribution is -2.64. The quantitative estimate of drug-likeness (QED) is 0.432. The number of piperidine rings is 1. The Bertz CT molecular complexity index is 1240. The third-order valence-corrected chi connectivity index (χ3v) is 6.95. The molecule has 1 N–H and O–H groups in total. The van der Waals surface area contributed by atoms with Crippen molar-refractivity contribution >= 4 is 46.7 Å². The zero-order valence-corrected chi connectivity index (χ0v) is 21.7. The van der Waals surface area contributed by atoms with Gasteiger partial charge in [-0.05, 0) is 63.1 Å². The Kier molecular flexibility index (Phi) is 6.49. The van der Waals surface area contributed by atoms with Crippen molar-refractivity contribution < 1.29 is 19.1 Å². The number of hydrogen-bond donors (Lipinski definition) is 1. The van der Waals surface area contributed by atoms with Crippen LogP contribution in [0.5, 0.6) is 0 Å². The van der Waals surface area contributed by atoms with Crippen LogP contribution in [0.25, 0.3) is 0 Å². The predicted octanol–water partition coefficient (Wildman–Crippen LogP) is 5.49. The van der Waals surface area contributed by atoms with Gasteiger partial charge in [0.2, 0.25) is 11.8 Å². The molecule has 0 aliphatic carbocycles. The van der Waals surface area contributed by atoms with Crippen molar-refractivity contribution in [3.63, 3.8) is 0 Å². The highest BCUT2D eigenvalue weighted by molar-refractivity contribution is 6.31. The van der Waals surface area contributed by atoms with Crippen LogP contribution in [-0.4, -0.2) is 40.9 Å². The van der Waals surface area contributed by atoms with E-state index in [1.165, 1.54) is 4.90 Å². The van der Waals surface area contributed by atoms with Crippen LogP contribution >= 0.6 is 23.2 Å². The van der Waals surface area contributed by atoms with E-state index in [9.17, 15) is 14.4 Å². The van der Waals surface area contributed by atoms with Crippen molar-refractivity contribution in [2.75, 3.05) is 11.9 Å². The number of rotatable bonds is 4. The second kappa shape index (κ2) is 8.99. The van der Waals surface area contributed by atoms with Crippen LogP contribution in [0.15, 0.2) is 54.6 Å². The third-order valence-electron chi connectivity index (χ3n) is 6.48. The topological polar surface area (TPSA) is 75.7 Å². The molecule has 184 valence electrons. The number of nitrogens with zero attached hydrogens (tertiary/aromatic N) is 1. The largest absolute Gasteiger partial charge is 0.459 e. The van der Waals surface area contributed by atoms with Gasteiger partial charge in [0.25, 0.3) is 0 Å². The third kappa shape index (κ3) is 4.45. The molecule has 0 saturated carbocycles. The summed E-state index contributed by atoms with van der Waals surface area (Å²) in [5.41, 5.74) is 0.647. The molecular formula is C27H28Cl2N2O4. The maximum atomic E-state index is 14.0. The molecule has 2 aromatic carbocycles. The molecule has 0 bridgehead atoms. The minimum atomic E-state index is -1.24. The maximum Gasteiger partial charge on any atom is 0.326 e. The summed E-state index contributed by atoms with van der Waals surface area (Å²) in [6.45, 7) is 10.9. The first-order valence-corrected chi connectivity index (χ1v) is 12.1. The summed E-state index contributed by atoms with van der Waals surface area (Å²) in [7, 11) is 0. The number of likely N-dealkylation sites (tertiary alicyclic amines) is 1. The molecule has 2 aromatic rings. The molecule has 2 amide bonds. The lowest BCUT2D eigenvalue weighted by Gasteiger charge is -2.51. The van der Waals surface area contributed by atoms with E-state index >= 15 is 0 Å². The van der Waals surface area contributed by atoms with Gasteiger partial charge in [0.1, 0.15) is 17.6 Å². The Morgan fingerprint density at radius 3 is 2.49 bits per heavy atom. The normalized spacial score (nSPS) is 23.8. The lowest BCUT2D eigenvalue weighted by atomic mass is 9.58. The number of benzene rings is 2. The number of anilines is 1. The van der Waals surface area contributed by atoms with Crippen LogP contribution in [0.4, 0.5) is 5.69 Å². The average molecular weight is 515 g/mol. The Balaban J connectivity index is 1.93. The first-order valence-electron chi connectivity index (χ1n) is 11.4. The molecule has 1 saturated heterocycles. The molecule has 0 unspecified atom stereocenters. The zero-order chi connectivity index (χ0) is 25.7. The molecule has 0 radical (unpaired) electrons. The minimum absolute atomic E-state index is 0.00239. The Morgan fingerprint density at radius 2 is 1.86 bits per heavy atom. The summed E-state index contributed by atoms with van der Waals surface area (Å²) >= 11 is 12.6. The standard InChI is InChI=1S/C27H28Cl2N2O4/c1-15(2)24-27(19-10-9-18(29)12-21(19)30-25(27)34)20(16-7-6-8-17(28)11-16)13-22(32)31(24)14-23(33)35-26(3,4)5/h6-12,20,24H,1,13-14H2,2-5H3,(H,30,34)/t20-,24-,27-/m0/s1. The average Bonchev–Trinajstić information content (AvgIpc) is 3.00. The number of nitrogens with one attached hydrogen (secondary N) is 1. The van der Waals surface area contributed by atoms with E-state index in [2.05, 4.69) is 11.9 Å². The van der Waals surface area contributed by atoms with E-state index in [1.54, 1.807) is 58.0 Å². The molecule has 6 nitrogen and oxygen atoms in total. The summed E-state index contributed by atoms with van der Waals surface area (Å²) < 4.78 is 5.51. The van der Waals surface area contributed by atoms with Gasteiger partial charge in [-0.3, -0.25) is 14.4 Å². The number of esters is 1. The van der Waals surface area contributed by atoms with Crippen LogP contribution < -0.4 is 5.32 Å². The SMILES string of the molecule is C=C(C)[C@@H]1N(CC(=O)OC(C)(C)C)C(=O)C[C@@H](c2cccc(Cl)c2)[C@]12C(=O)Nc1cc(Cl)ccc12. The van der Waals surface area contributed by atoms with Crippen LogP contribution in [-0.2, 0) is 24.5 Å². The predicted molar refractivity (Wildman–Crippen MR) is 137 cm³/mol. The fraction of sp³-hybridized carbons (Fsp3) is 0.370. The van der Waals surface area contributed by atoms with Crippen LogP contribution in [0.2, 0.25) is 10.0 Å². The van der Waals surface area contributed by atoms with Gasteiger partial charge in [-0.15, -0.1) is 0 Å². The van der Waals surface area contributed by atoms with Gasteiger partial charge < -0.3 is 15.0 Å². The Labute approximate surface area is 215 Å². The molecule has 8 heteroatoms. The molecule has 1 spiro atoms. The van der Waals surface area contributed by atoms with Gasteiger partial charge in [0, 0.05) is 28.1 Å². The number of carbonyl (C=O) groups excluding carboxylic acids is 3. The number of ether oxygens (including phenoxy) is 1. The van der Waals surface area contributed by atoms with Crippen LogP contribution in [0, 0.1) is 0 Å². The highest BCUT2D eigenvalue weighted by atomic mass is 35.5. The first-order chi connectivity index (χ1) is 16.3. The molecule has 1 fully saturated rings. The minimum Gasteiger partial charge on any atom is -0.459 e. The molecular weight excluding hydrogens is 487 g/mol. The van der Waals surface area contributed by atoms with Gasteiger partial charge in [-0.25, -0.2) is 0 Å². The van der Waals surface area contributed by atoms with E-state index in [0.717, 1.165) is 5.56 Å². The molecule has 35 heavy (non-hydrogen) atoms. The smallest absolute Gasteiger partial charge is 0.326 e. The zero-order valence-electron chi connectivity index (χ0n) is 20.2. The molecule has 2 aliphatic heterocycles. The van der Waals surface area contributed by atoms with Crippen molar-refractivity contribution in [2.24, 2.45) is 0 Å². The molecule has 4 rings (SSSR count). The summed E-state index contributed by atoms with van der Waals surface area (Å²) in [4.78, 5) is 41.8. The van der Waals surface area contributed by atoms with Crippen LogP contribution in [0.3, 0.4) is 0 Å². The van der Waals surface area contributed by atoms with Crippen molar-refractivity contribution in [2.45, 2.75) is 57.1 Å². The van der Waals surface area contributed by atoms with Crippen molar-refractivity contribution in [1.29, 1.82) is 0 Å². The van der Waals surface area contributed by atoms with E-state index in [1.807, 2.05) is 12.1 Å². The number of fused-ring (bicyclic) bond motifs is 2. The maximum absolute atomic E-state index is 14.0. The van der Waals surface area contributed by atoms with Crippen molar-refractivity contribution in [3.8, 4) is 0 Å². The number of amides is 2. The Hall–Kier alpha value is -2.83. The Morgan fingerprint density at radius 1 is 1.17 bits per heavy atom. The summed E-state index contributed by atoms with van der Waals surface area (Å²) in [5, 5.41) is 3.95. The van der Waals surface area contributed by atoms with Crippen molar-refractivity contribution in [1.82, 2.24) is 4.90 Å². The van der Waals surface area contributed by atoms with E-state index < -0.39 is 28.9 Å². The molecule has 3 atom stereocenters. The number of carbonyl (C=O) groups is 3. The van der Waals surface area contributed by atoms with E-state index in [4.69, 9.17) is 27.9 Å². The van der Waals surface area contributed by atoms with Gasteiger partial charge >= 0.3 is 5.97 Å². The first kappa shape index (κ1) is 25.3. The lowest BCUT2D eigenvalue weighted by molar-refractivity contribution is -0.163. The number of hydrogen-bond acceptors (Lipinski definition) is 4. The summed E-state index contributed by atoms with van der Waals surface area (Å²) in [6.07, 6.45) is 0.00239. The monoisotopic (exact) mass is 514 g/mol. The van der Waals surface area contributed by atoms with E-state index in [-0.39, 0.29) is 24.8 Å². The second-order valence-electron chi connectivity index (χ2n) is 10.2. The summed E-state index contributed by atoms with van der Waals surface area (Å²) in [5.74, 6) is -1.65. The highest BCUT2D eigenvalue weighted by Gasteiger charge is 2.63. The second-order valence-corrected chi connectivity index (χ2v) is 11.1. The van der Waals surface area contributed by atoms with Gasteiger partial charge in [-0.1, -0.05) is 53.6 Å². The molecule has 2 aliphatic rings. The summed E-state index contributed by atoms with van der Waals surface area (Å²) in [6, 6.07) is 11.6. The fourth-order valence-electron chi connectivity index (χ4n) is 5.43. The van der Waals surface area contributed by atoms with E-state index in [0.29, 0.717) is 26.9 Å². The van der Waals surface area contributed by atoms with Gasteiger partial charge in [0.15, 0.2) is 0 Å². The van der Waals surface area contributed by atoms with Crippen molar-refractivity contribution in [3.05, 3.63) is 75.8 Å². The van der Waals surface area contributed by atoms with Gasteiger partial charge in [0.05, 0.1) is 6.04 Å². The highest BCUT2D eigenvalue weighted by Crippen LogP contribution is 2.56. The molecule has 2 heterocycles. The molecule has 0 aromatic heterocycles.